The Morgan fingerprint density at radius 3 is 0.899 bits per heavy atom. The smallest absolute Gasteiger partial charge is 0.296 e. The number of terminal acetylenes is 3. The zero-order valence-corrected chi connectivity index (χ0v) is 53.5. The van der Waals surface area contributed by atoms with E-state index in [1.54, 1.807) is 21.1 Å². The molecule has 30 heteroatoms. The molecule has 516 valence electrons. The van der Waals surface area contributed by atoms with Gasteiger partial charge in [-0.1, -0.05) is 17.8 Å². The Morgan fingerprint density at radius 2 is 0.667 bits per heavy atom. The Labute approximate surface area is 559 Å². The van der Waals surface area contributed by atoms with Crippen molar-refractivity contribution in [2.75, 3.05) is 97.7 Å². The van der Waals surface area contributed by atoms with E-state index in [-0.39, 0.29) is 88.3 Å². The van der Waals surface area contributed by atoms with Crippen molar-refractivity contribution in [2.45, 2.75) is 55.3 Å². The van der Waals surface area contributed by atoms with Crippen molar-refractivity contribution in [3.8, 4) is 71.5 Å². The summed E-state index contributed by atoms with van der Waals surface area (Å²) in [6.45, 7) is 0.0782. The third-order valence-corrected chi connectivity index (χ3v) is 16.2. The van der Waals surface area contributed by atoms with E-state index < -0.39 is 107 Å². The normalized spacial score (nSPS) is 18.0. The van der Waals surface area contributed by atoms with E-state index in [1.807, 2.05) is 17.8 Å². The number of alkyl halides is 6. The number of nitrogens with zero attached hydrogens (tertiary/aromatic N) is 9. The van der Waals surface area contributed by atoms with Crippen molar-refractivity contribution in [1.29, 1.82) is 0 Å². The van der Waals surface area contributed by atoms with E-state index >= 15 is 0 Å². The fourth-order valence-corrected chi connectivity index (χ4v) is 11.1. The Hall–Kier alpha value is -10.7. The Kier molecular flexibility index (Phi) is 21.2. The number of nitrogens with one attached hydrogen (secondary N) is 3. The molecule has 0 aliphatic carbocycles. The van der Waals surface area contributed by atoms with Crippen LogP contribution in [0.5, 0.6) is 34.5 Å². The summed E-state index contributed by atoms with van der Waals surface area (Å²) in [5.74, 6) is -7.46. The second-order valence-corrected chi connectivity index (χ2v) is 23.1. The second-order valence-electron chi connectivity index (χ2n) is 23.1. The van der Waals surface area contributed by atoms with Crippen molar-refractivity contribution in [2.24, 2.45) is 0 Å². The van der Waals surface area contributed by atoms with Crippen LogP contribution in [-0.2, 0) is 0 Å². The fraction of sp³-hybridized carbons (Fsp3) is 0.304. The van der Waals surface area contributed by atoms with E-state index in [0.717, 1.165) is 18.2 Å². The monoisotopic (exact) mass is 1380 g/mol. The molecule has 0 bridgehead atoms. The molecule has 0 spiro atoms. The molecule has 3 aromatic heterocycles. The van der Waals surface area contributed by atoms with Crippen LogP contribution in [0.15, 0.2) is 91.8 Å². The van der Waals surface area contributed by atoms with Gasteiger partial charge >= 0.3 is 0 Å². The van der Waals surface area contributed by atoms with Gasteiger partial charge < -0.3 is 59.1 Å². The molecule has 6 heterocycles. The number of anilines is 6. The largest absolute Gasteiger partial charge is 0.493 e. The lowest BCUT2D eigenvalue weighted by atomic mass is 10.0. The minimum absolute atomic E-state index is 0.0703. The van der Waals surface area contributed by atoms with Crippen LogP contribution in [0.1, 0.15) is 36.0 Å². The highest BCUT2D eigenvalue weighted by Gasteiger charge is 2.48. The number of benzene rings is 6. The third-order valence-electron chi connectivity index (χ3n) is 16.2. The average molecular weight is 1380 g/mol. The molecule has 12 rings (SSSR count). The van der Waals surface area contributed by atoms with Crippen molar-refractivity contribution in [3.63, 3.8) is 0 Å². The number of ether oxygens (including phenoxy) is 6. The van der Waals surface area contributed by atoms with Crippen LogP contribution >= 0.6 is 0 Å². The number of hydrogen-bond donors (Lipinski definition) is 3. The first-order valence-corrected chi connectivity index (χ1v) is 30.0. The first-order valence-electron chi connectivity index (χ1n) is 30.0. The number of rotatable bonds is 15. The molecule has 6 aromatic carbocycles. The molecule has 18 nitrogen and oxygen atoms in total. The Morgan fingerprint density at radius 1 is 0.404 bits per heavy atom. The lowest BCUT2D eigenvalue weighted by Crippen LogP contribution is -2.52. The molecule has 3 N–H and O–H groups in total. The van der Waals surface area contributed by atoms with Gasteiger partial charge in [-0.05, 0) is 75.7 Å². The lowest BCUT2D eigenvalue weighted by Gasteiger charge is -2.36. The van der Waals surface area contributed by atoms with E-state index in [2.05, 4.69) is 45.9 Å². The summed E-state index contributed by atoms with van der Waals surface area (Å²) >= 11 is 0. The van der Waals surface area contributed by atoms with Crippen LogP contribution in [0, 0.1) is 71.9 Å². The van der Waals surface area contributed by atoms with Crippen LogP contribution in [0.25, 0.3) is 32.7 Å². The summed E-state index contributed by atoms with van der Waals surface area (Å²) in [5.41, 5.74) is -0.696. The van der Waals surface area contributed by atoms with E-state index in [1.165, 1.54) is 110 Å². The molecule has 3 atom stereocenters. The van der Waals surface area contributed by atoms with Gasteiger partial charge in [-0.25, -0.2) is 82.6 Å². The standard InChI is InChI=1S/3C23H20F4N4O2/c3*1-4-13-15(24)5-6-16(21(13)25)30-22-14-9-19(18(32-3)10-17(14)28-12-29-22)33-20-7-8-31(2)11-23(20,26)27/h3*1,5-6,9-10,12,20H,7-8,11H2,2-3H3,(H,28,29,30)/t2*20-;/m10./s1. The van der Waals surface area contributed by atoms with Gasteiger partial charge in [-0.2, -0.15) is 0 Å². The quantitative estimate of drug-likeness (QED) is 0.0651. The summed E-state index contributed by atoms with van der Waals surface area (Å²) < 4.78 is 205. The van der Waals surface area contributed by atoms with Gasteiger partial charge in [0.2, 0.25) is 0 Å². The predicted molar refractivity (Wildman–Crippen MR) is 345 cm³/mol. The maximum atomic E-state index is 14.6. The minimum atomic E-state index is -3.07. The van der Waals surface area contributed by atoms with Gasteiger partial charge in [-0.15, -0.1) is 19.3 Å². The molecular formula is C69H60F12N12O6. The summed E-state index contributed by atoms with van der Waals surface area (Å²) in [4.78, 5) is 29.4. The van der Waals surface area contributed by atoms with Crippen molar-refractivity contribution < 1.29 is 81.1 Å². The maximum Gasteiger partial charge on any atom is 0.296 e. The fourth-order valence-electron chi connectivity index (χ4n) is 11.1. The van der Waals surface area contributed by atoms with Crippen LogP contribution in [0.3, 0.4) is 0 Å². The van der Waals surface area contributed by atoms with Crippen LogP contribution in [0.2, 0.25) is 0 Å². The van der Waals surface area contributed by atoms with Crippen LogP contribution in [-0.4, -0.2) is 162 Å². The number of hydrogen-bond acceptors (Lipinski definition) is 18. The van der Waals surface area contributed by atoms with Crippen molar-refractivity contribution in [1.82, 2.24) is 44.6 Å². The van der Waals surface area contributed by atoms with Gasteiger partial charge in [0.25, 0.3) is 17.8 Å². The van der Waals surface area contributed by atoms with E-state index in [0.29, 0.717) is 52.3 Å². The van der Waals surface area contributed by atoms with E-state index in [4.69, 9.17) is 47.7 Å². The zero-order chi connectivity index (χ0) is 71.3. The summed E-state index contributed by atoms with van der Waals surface area (Å²) in [6, 6.07) is 15.5. The number of fused-ring (bicyclic) bond motifs is 3. The third kappa shape index (κ3) is 15.5. The van der Waals surface area contributed by atoms with E-state index in [9.17, 15) is 52.7 Å². The number of piperidine rings is 3. The molecule has 99 heavy (non-hydrogen) atoms. The maximum absolute atomic E-state index is 14.6. The highest BCUT2D eigenvalue weighted by Crippen LogP contribution is 2.43. The Balaban J connectivity index is 0.000000161. The number of likely N-dealkylation sites (tertiary alicyclic amines) is 3. The minimum Gasteiger partial charge on any atom is -0.493 e. The average Bonchev–Trinajstić information content (AvgIpc) is 0.787. The molecule has 3 aliphatic rings. The van der Waals surface area contributed by atoms with Gasteiger partial charge in [0, 0.05) is 73.3 Å². The highest BCUT2D eigenvalue weighted by atomic mass is 19.3. The molecule has 0 amide bonds. The van der Waals surface area contributed by atoms with Crippen molar-refractivity contribution in [3.05, 3.63) is 143 Å². The highest BCUT2D eigenvalue weighted by molar-refractivity contribution is 5.95. The molecule has 3 saturated heterocycles. The second kappa shape index (κ2) is 29.5. The van der Waals surface area contributed by atoms with Crippen LogP contribution < -0.4 is 44.4 Å². The molecule has 3 fully saturated rings. The summed E-state index contributed by atoms with van der Waals surface area (Å²) in [5, 5.41) is 9.37. The van der Waals surface area contributed by atoms with Gasteiger partial charge in [-0.3, -0.25) is 0 Å². The zero-order valence-electron chi connectivity index (χ0n) is 53.5. The number of aromatic nitrogens is 6. The van der Waals surface area contributed by atoms with Gasteiger partial charge in [0.05, 0.1) is 91.3 Å². The van der Waals surface area contributed by atoms with Gasteiger partial charge in [0.15, 0.2) is 70.3 Å². The molecule has 0 radical (unpaired) electrons. The molecule has 1 unspecified atom stereocenters. The molecule has 3 aliphatic heterocycles. The summed E-state index contributed by atoms with van der Waals surface area (Å²) in [6.07, 6.45) is 15.6. The number of halogens is 12. The Bertz CT molecular complexity index is 4190. The first-order chi connectivity index (χ1) is 47.2. The number of methoxy groups -OCH3 is 3. The summed E-state index contributed by atoms with van der Waals surface area (Å²) in [7, 11) is 9.02. The van der Waals surface area contributed by atoms with Crippen LogP contribution in [0.4, 0.5) is 87.2 Å². The first kappa shape index (κ1) is 71.0. The topological polar surface area (TPSA) is 179 Å². The molecule has 0 saturated carbocycles. The predicted octanol–water partition coefficient (Wildman–Crippen LogP) is 13.1. The molecule has 9 aromatic rings. The molecular weight excluding hydrogens is 1320 g/mol. The SMILES string of the molecule is C#Cc1c(F)ccc(Nc2ncnc3cc(OC)c(OC4CCN(C)CC4(F)F)cc23)c1F.C#Cc1c(F)ccc(Nc2ncnc3cc(OC)c(O[C@@H]4CCN(C)CC4(F)F)cc23)c1F.C#Cc1c(F)ccc(Nc2ncnc3cc(OC)c(O[C@H]4CCN(C)CC4(F)F)cc23)c1F. The van der Waals surface area contributed by atoms with Gasteiger partial charge in [0.1, 0.15) is 53.9 Å². The van der Waals surface area contributed by atoms with Crippen molar-refractivity contribution >= 4 is 67.2 Å². The lowest BCUT2D eigenvalue weighted by molar-refractivity contribution is -0.135.